The van der Waals surface area contributed by atoms with Crippen LogP contribution in [-0.2, 0) is 20.7 Å². The fourth-order valence-corrected chi connectivity index (χ4v) is 2.70. The second-order valence-corrected chi connectivity index (χ2v) is 6.18. The van der Waals surface area contributed by atoms with Crippen molar-refractivity contribution in [3.05, 3.63) is 52.3 Å². The number of carbonyl (C=O) groups is 2. The normalized spacial score (nSPS) is 10.8. The molecule has 1 N–H and O–H groups in total. The third-order valence-corrected chi connectivity index (χ3v) is 4.11. The summed E-state index contributed by atoms with van der Waals surface area (Å²) in [6, 6.07) is 3.75. The molecule has 1 aromatic carbocycles. The smallest absolute Gasteiger partial charge is 0.310 e. The number of fused-ring (bicyclic) bond motifs is 1. The molecule has 3 rings (SSSR count). The number of ether oxygens (including phenoxy) is 1. The van der Waals surface area contributed by atoms with Crippen LogP contribution in [-0.4, -0.2) is 38.1 Å². The SMILES string of the molecule is Cc1nc2ncnn2c(C)c1CC(=O)OCC(=O)Nc1cc(Cl)ccc1F. The van der Waals surface area contributed by atoms with Crippen LogP contribution in [0.25, 0.3) is 5.78 Å². The van der Waals surface area contributed by atoms with E-state index in [-0.39, 0.29) is 17.1 Å². The van der Waals surface area contributed by atoms with Crippen molar-refractivity contribution in [2.45, 2.75) is 20.3 Å². The fourth-order valence-electron chi connectivity index (χ4n) is 2.53. The van der Waals surface area contributed by atoms with Crippen LogP contribution in [0, 0.1) is 19.7 Å². The molecule has 8 nitrogen and oxygen atoms in total. The van der Waals surface area contributed by atoms with Gasteiger partial charge in [0, 0.05) is 22.0 Å². The Morgan fingerprint density at radius 1 is 1.33 bits per heavy atom. The highest BCUT2D eigenvalue weighted by molar-refractivity contribution is 6.30. The first-order chi connectivity index (χ1) is 12.8. The minimum Gasteiger partial charge on any atom is -0.455 e. The van der Waals surface area contributed by atoms with Gasteiger partial charge in [-0.05, 0) is 32.0 Å². The maximum atomic E-state index is 13.6. The number of aryl methyl sites for hydroxylation is 2. The van der Waals surface area contributed by atoms with Crippen LogP contribution in [0.5, 0.6) is 0 Å². The molecule has 0 saturated carbocycles. The molecule has 0 saturated heterocycles. The number of hydrogen-bond acceptors (Lipinski definition) is 6. The summed E-state index contributed by atoms with van der Waals surface area (Å²) in [5, 5.41) is 6.62. The lowest BCUT2D eigenvalue weighted by Gasteiger charge is -2.11. The molecule has 2 aromatic heterocycles. The van der Waals surface area contributed by atoms with Crippen LogP contribution in [0.1, 0.15) is 17.0 Å². The largest absolute Gasteiger partial charge is 0.455 e. The number of amides is 1. The lowest BCUT2D eigenvalue weighted by molar-refractivity contribution is -0.146. The zero-order valence-corrected chi connectivity index (χ0v) is 15.2. The second kappa shape index (κ2) is 7.67. The predicted molar refractivity (Wildman–Crippen MR) is 95.0 cm³/mol. The number of halogens is 2. The maximum Gasteiger partial charge on any atom is 0.310 e. The monoisotopic (exact) mass is 391 g/mol. The number of hydrogen-bond donors (Lipinski definition) is 1. The first-order valence-corrected chi connectivity index (χ1v) is 8.29. The summed E-state index contributed by atoms with van der Waals surface area (Å²) in [6.07, 6.45) is 1.29. The van der Waals surface area contributed by atoms with Crippen molar-refractivity contribution >= 4 is 34.9 Å². The van der Waals surface area contributed by atoms with E-state index >= 15 is 0 Å². The van der Waals surface area contributed by atoms with E-state index in [1.54, 1.807) is 13.8 Å². The third kappa shape index (κ3) is 4.20. The molecular formula is C17H15ClFN5O3. The van der Waals surface area contributed by atoms with Crippen molar-refractivity contribution in [2.75, 3.05) is 11.9 Å². The lowest BCUT2D eigenvalue weighted by atomic mass is 10.1. The molecule has 0 aliphatic carbocycles. The van der Waals surface area contributed by atoms with Gasteiger partial charge in [-0.1, -0.05) is 11.6 Å². The average molecular weight is 392 g/mol. The number of esters is 1. The number of carbonyl (C=O) groups excluding carboxylic acids is 2. The first-order valence-electron chi connectivity index (χ1n) is 7.91. The van der Waals surface area contributed by atoms with Crippen molar-refractivity contribution in [1.82, 2.24) is 19.6 Å². The number of aromatic nitrogens is 4. The Bertz CT molecular complexity index is 1040. The van der Waals surface area contributed by atoms with E-state index in [0.717, 1.165) is 6.07 Å². The van der Waals surface area contributed by atoms with Gasteiger partial charge in [0.25, 0.3) is 11.7 Å². The topological polar surface area (TPSA) is 98.5 Å². The van der Waals surface area contributed by atoms with E-state index in [0.29, 0.717) is 22.7 Å². The van der Waals surface area contributed by atoms with Crippen LogP contribution in [0.4, 0.5) is 10.1 Å². The molecule has 1 amide bonds. The summed E-state index contributed by atoms with van der Waals surface area (Å²) in [4.78, 5) is 32.2. The molecule has 0 aliphatic rings. The number of nitrogens with zero attached hydrogens (tertiary/aromatic N) is 4. The molecule has 0 radical (unpaired) electrons. The molecule has 2 heterocycles. The highest BCUT2D eigenvalue weighted by Crippen LogP contribution is 2.19. The summed E-state index contributed by atoms with van der Waals surface area (Å²) in [5.74, 6) is -1.51. The Kier molecular flexibility index (Phi) is 5.31. The Morgan fingerprint density at radius 3 is 2.89 bits per heavy atom. The van der Waals surface area contributed by atoms with E-state index in [9.17, 15) is 14.0 Å². The van der Waals surface area contributed by atoms with Gasteiger partial charge in [-0.2, -0.15) is 10.1 Å². The van der Waals surface area contributed by atoms with Gasteiger partial charge < -0.3 is 10.1 Å². The van der Waals surface area contributed by atoms with Gasteiger partial charge in [0.2, 0.25) is 0 Å². The molecule has 0 atom stereocenters. The molecule has 27 heavy (non-hydrogen) atoms. The van der Waals surface area contributed by atoms with E-state index < -0.39 is 24.3 Å². The highest BCUT2D eigenvalue weighted by atomic mass is 35.5. The minimum absolute atomic E-state index is 0.0841. The molecule has 0 unspecified atom stereocenters. The molecule has 0 bridgehead atoms. The van der Waals surface area contributed by atoms with Gasteiger partial charge in [-0.15, -0.1) is 0 Å². The Morgan fingerprint density at radius 2 is 2.11 bits per heavy atom. The molecule has 0 fully saturated rings. The summed E-state index contributed by atoms with van der Waals surface area (Å²) in [7, 11) is 0. The molecule has 3 aromatic rings. The number of rotatable bonds is 5. The standard InChI is InChI=1S/C17H15ClFN5O3/c1-9-12(10(2)24-17(22-9)20-8-21-24)6-16(26)27-7-15(25)23-14-5-11(18)3-4-13(14)19/h3-5,8H,6-7H2,1-2H3,(H,23,25). The van der Waals surface area contributed by atoms with Gasteiger partial charge in [0.15, 0.2) is 6.61 Å². The Balaban J connectivity index is 1.61. The average Bonchev–Trinajstić information content (AvgIpc) is 3.08. The quantitative estimate of drug-likeness (QED) is 0.670. The van der Waals surface area contributed by atoms with E-state index in [1.165, 1.54) is 23.0 Å². The highest BCUT2D eigenvalue weighted by Gasteiger charge is 2.16. The second-order valence-electron chi connectivity index (χ2n) is 5.74. The molecule has 10 heteroatoms. The number of anilines is 1. The van der Waals surface area contributed by atoms with Gasteiger partial charge in [0.05, 0.1) is 12.1 Å². The van der Waals surface area contributed by atoms with E-state index in [1.807, 2.05) is 0 Å². The summed E-state index contributed by atoms with van der Waals surface area (Å²) >= 11 is 5.76. The van der Waals surface area contributed by atoms with Gasteiger partial charge in [-0.25, -0.2) is 13.9 Å². The zero-order chi connectivity index (χ0) is 19.6. The first kappa shape index (κ1) is 18.7. The maximum absolute atomic E-state index is 13.6. The number of benzene rings is 1. The van der Waals surface area contributed by atoms with E-state index in [4.69, 9.17) is 16.3 Å². The predicted octanol–water partition coefficient (Wildman–Crippen LogP) is 2.26. The Labute approximate surface area is 158 Å². The van der Waals surface area contributed by atoms with E-state index in [2.05, 4.69) is 20.4 Å². The van der Waals surface area contributed by atoms with Gasteiger partial charge >= 0.3 is 5.97 Å². The van der Waals surface area contributed by atoms with Gasteiger partial charge in [-0.3, -0.25) is 9.59 Å². The minimum atomic E-state index is -0.678. The zero-order valence-electron chi connectivity index (χ0n) is 14.5. The van der Waals surface area contributed by atoms with Crippen LogP contribution in [0.15, 0.2) is 24.5 Å². The summed E-state index contributed by atoms with van der Waals surface area (Å²) < 4.78 is 20.1. The molecule has 140 valence electrons. The van der Waals surface area contributed by atoms with Crippen molar-refractivity contribution in [1.29, 1.82) is 0 Å². The molecular weight excluding hydrogens is 377 g/mol. The lowest BCUT2D eigenvalue weighted by Crippen LogP contribution is -2.22. The summed E-state index contributed by atoms with van der Waals surface area (Å²) in [6.45, 7) is 2.98. The van der Waals surface area contributed by atoms with Crippen LogP contribution in [0.2, 0.25) is 5.02 Å². The van der Waals surface area contributed by atoms with Crippen LogP contribution in [0.3, 0.4) is 0 Å². The van der Waals surface area contributed by atoms with Crippen LogP contribution >= 0.6 is 11.6 Å². The molecule has 0 aliphatic heterocycles. The summed E-state index contributed by atoms with van der Waals surface area (Å²) in [5.41, 5.74) is 1.88. The van der Waals surface area contributed by atoms with Crippen molar-refractivity contribution in [3.63, 3.8) is 0 Å². The third-order valence-electron chi connectivity index (χ3n) is 3.88. The van der Waals surface area contributed by atoms with Crippen LogP contribution < -0.4 is 5.32 Å². The van der Waals surface area contributed by atoms with Gasteiger partial charge in [0.1, 0.15) is 12.1 Å². The number of nitrogens with one attached hydrogen (secondary N) is 1. The fraction of sp³-hybridized carbons (Fsp3) is 0.235. The Hall–Kier alpha value is -3.07. The van der Waals surface area contributed by atoms with Crippen molar-refractivity contribution in [2.24, 2.45) is 0 Å². The molecule has 0 spiro atoms. The van der Waals surface area contributed by atoms with Crippen molar-refractivity contribution < 1.29 is 18.7 Å². The van der Waals surface area contributed by atoms with Crippen molar-refractivity contribution in [3.8, 4) is 0 Å².